The zero-order valence-corrected chi connectivity index (χ0v) is 35.8. The Balaban J connectivity index is 2.08. The molecule has 11 N–H and O–H groups in total. The van der Waals surface area contributed by atoms with E-state index >= 15 is 0 Å². The lowest BCUT2D eigenvalue weighted by molar-refractivity contribution is -0.302. The largest absolute Gasteiger partial charge is 0.394 e. The molecule has 17 nitrogen and oxygen atoms in total. The van der Waals surface area contributed by atoms with E-state index in [1.54, 1.807) is 6.92 Å². The van der Waals surface area contributed by atoms with Crippen LogP contribution in [0.25, 0.3) is 0 Å². The number of hydrogen-bond donors (Lipinski definition) is 11. The van der Waals surface area contributed by atoms with Gasteiger partial charge in [-0.3, -0.25) is 9.59 Å². The maximum Gasteiger partial charge on any atom is 0.297 e. The summed E-state index contributed by atoms with van der Waals surface area (Å²) in [5.74, 6) is 56.3. The number of carbonyl (C=O) groups excluding carboxylic acids is 2. The van der Waals surface area contributed by atoms with Crippen LogP contribution in [0.4, 0.5) is 0 Å². The normalized spacial score (nSPS) is 24.7. The molecule has 17 heteroatoms. The van der Waals surface area contributed by atoms with Crippen LogP contribution >= 0.6 is 0 Å². The fourth-order valence-corrected chi connectivity index (χ4v) is 5.50. The van der Waals surface area contributed by atoms with Gasteiger partial charge in [0.2, 0.25) is 5.91 Å². The van der Waals surface area contributed by atoms with Crippen LogP contribution < -0.4 is 10.6 Å². The first-order valence-electron chi connectivity index (χ1n) is 19.8. The fourth-order valence-electron chi connectivity index (χ4n) is 5.50. The van der Waals surface area contributed by atoms with Gasteiger partial charge in [0, 0.05) is 54.3 Å². The van der Waals surface area contributed by atoms with Crippen LogP contribution in [0, 0.1) is 148 Å². The van der Waals surface area contributed by atoms with Crippen molar-refractivity contribution in [2.75, 3.05) is 26.4 Å². The Bertz CT molecular complexity index is 2470. The molecule has 2 saturated heterocycles. The Hall–Kier alpha value is -6.86. The van der Waals surface area contributed by atoms with Crippen LogP contribution in [0.15, 0.2) is 0 Å². The summed E-state index contributed by atoms with van der Waals surface area (Å²) in [6, 6.07) is -2.44. The number of nitrogens with one attached hydrogen (secondary N) is 2. The summed E-state index contributed by atoms with van der Waals surface area (Å²) in [6.45, 7) is 2.06. The van der Waals surface area contributed by atoms with Crippen molar-refractivity contribution in [1.29, 1.82) is 0 Å². The van der Waals surface area contributed by atoms with Crippen LogP contribution in [0.5, 0.6) is 0 Å². The van der Waals surface area contributed by atoms with Gasteiger partial charge in [-0.25, -0.2) is 0 Å². The van der Waals surface area contributed by atoms with Crippen LogP contribution in [0.3, 0.4) is 0 Å². The van der Waals surface area contributed by atoms with Crippen molar-refractivity contribution in [2.45, 2.75) is 113 Å². The smallest absolute Gasteiger partial charge is 0.297 e. The topological polar surface area (TPSA) is 277 Å². The highest BCUT2D eigenvalue weighted by Crippen LogP contribution is 2.27. The molecule has 2 heterocycles. The lowest BCUT2D eigenvalue weighted by Gasteiger charge is -2.41. The summed E-state index contributed by atoms with van der Waals surface area (Å²) < 4.78 is 22.0. The molecule has 0 radical (unpaired) electrons. The van der Waals surface area contributed by atoms with E-state index in [0.29, 0.717) is 0 Å². The molecule has 0 spiro atoms. The molecule has 0 aromatic carbocycles. The molecule has 342 valence electrons. The minimum atomic E-state index is -1.80. The minimum absolute atomic E-state index is 0.228. The number of rotatable bonds is 15. The zero-order valence-electron chi connectivity index (χ0n) is 35.8. The van der Waals surface area contributed by atoms with Gasteiger partial charge >= 0.3 is 0 Å². The predicted molar refractivity (Wildman–Crippen MR) is 232 cm³/mol. The van der Waals surface area contributed by atoms with Gasteiger partial charge in [-0.05, 0) is 114 Å². The van der Waals surface area contributed by atoms with Crippen molar-refractivity contribution in [1.82, 2.24) is 10.6 Å². The van der Waals surface area contributed by atoms with E-state index in [1.165, 1.54) is 13.8 Å². The van der Waals surface area contributed by atoms with Gasteiger partial charge in [-0.15, -0.1) is 0 Å². The Morgan fingerprint density at radius 1 is 0.530 bits per heavy atom. The molecule has 2 aliphatic rings. The molecule has 0 aliphatic carbocycles. The predicted octanol–water partition coefficient (Wildman–Crippen LogP) is -5.55. The van der Waals surface area contributed by atoms with E-state index in [9.17, 15) is 55.5 Å². The highest BCUT2D eigenvalue weighted by atomic mass is 16.7. The first-order chi connectivity index (χ1) is 31.7. The fraction of sp³-hybridized carbons (Fsp3) is 0.469. The molecule has 0 aromatic heterocycles. The molecule has 66 heavy (non-hydrogen) atoms. The maximum absolute atomic E-state index is 12.8. The van der Waals surface area contributed by atoms with Gasteiger partial charge in [0.05, 0.1) is 56.8 Å². The van der Waals surface area contributed by atoms with Crippen LogP contribution in [0.1, 0.15) is 33.6 Å². The van der Waals surface area contributed by atoms with Crippen molar-refractivity contribution in [3.05, 3.63) is 0 Å². The van der Waals surface area contributed by atoms with Crippen molar-refractivity contribution >= 4 is 11.8 Å². The zero-order chi connectivity index (χ0) is 48.7. The lowest BCUT2D eigenvalue weighted by atomic mass is 9.91. The third-order valence-electron chi connectivity index (χ3n) is 8.96. The molecule has 14 atom stereocenters. The second kappa shape index (κ2) is 31.9. The summed E-state index contributed by atoms with van der Waals surface area (Å²) in [7, 11) is 0. The number of hydrogen-bond acceptors (Lipinski definition) is 15. The number of aliphatic hydroxyl groups is 9. The number of aliphatic hydroxyl groups excluding tert-OH is 9. The summed E-state index contributed by atoms with van der Waals surface area (Å²) in [5.41, 5.74) is 0. The average Bonchev–Trinajstić information content (AvgIpc) is 3.30. The van der Waals surface area contributed by atoms with Gasteiger partial charge in [0.15, 0.2) is 12.6 Å². The van der Waals surface area contributed by atoms with Crippen LogP contribution in [-0.4, -0.2) is 164 Å². The molecule has 0 bridgehead atoms. The van der Waals surface area contributed by atoms with Crippen molar-refractivity contribution < 1.29 is 74.5 Å². The highest BCUT2D eigenvalue weighted by Gasteiger charge is 2.45. The van der Waals surface area contributed by atoms with Gasteiger partial charge in [0.25, 0.3) is 5.91 Å². The second-order valence-electron chi connectivity index (χ2n) is 13.7. The third kappa shape index (κ3) is 20.8. The van der Waals surface area contributed by atoms with Crippen molar-refractivity contribution in [3.63, 3.8) is 0 Å². The monoisotopic (exact) mass is 902 g/mol. The summed E-state index contributed by atoms with van der Waals surface area (Å²) >= 11 is 0. The Morgan fingerprint density at radius 3 is 1.29 bits per heavy atom. The quantitative estimate of drug-likeness (QED) is 0.0685. The molecule has 2 aliphatic heterocycles. The molecule has 0 aromatic rings. The van der Waals surface area contributed by atoms with E-state index in [0.717, 1.165) is 0 Å². The summed E-state index contributed by atoms with van der Waals surface area (Å²) in [5, 5.41) is 97.7. The average molecular weight is 903 g/mol. The molecular weight excluding hydrogens is 857 g/mol. The van der Waals surface area contributed by atoms with Gasteiger partial charge in [0.1, 0.15) is 36.6 Å². The van der Waals surface area contributed by atoms with Gasteiger partial charge < -0.3 is 75.5 Å². The Morgan fingerprint density at radius 2 is 0.894 bits per heavy atom. The summed E-state index contributed by atoms with van der Waals surface area (Å²) in [6.07, 6.45) is -16.5. The van der Waals surface area contributed by atoms with E-state index in [2.05, 4.69) is 153 Å². The molecule has 4 unspecified atom stereocenters. The van der Waals surface area contributed by atoms with Crippen molar-refractivity contribution in [2.24, 2.45) is 5.92 Å². The SMILES string of the molecule is CC#CC#CC#CC#CC#CC#CC#CC#CC#CC#CC#CC#CC(=O)N[C@@H](CO[C@H]1OC(CO)[C@H](O)[C@H](O)C1O)[C@H](O)CC[C@@H](O)[C@H](CO[C@H]1OC(CO)[C@H](O)[C@H](C)C1O)NC(C)=O. The van der Waals surface area contributed by atoms with Crippen LogP contribution in [-0.2, 0) is 28.5 Å². The Kier molecular flexibility index (Phi) is 26.7. The first kappa shape index (κ1) is 55.3. The number of ether oxygens (including phenoxy) is 4. The number of amides is 2. The van der Waals surface area contributed by atoms with E-state index in [4.69, 9.17) is 18.9 Å². The standard InChI is InChI=1S/C49H46N2O15/c1-4-5-6-7-8-9-10-11-12-13-14-15-16-17-18-19-20-21-22-23-24-25-26-27-42(57)51-37(33-64-49-47(62)46(61)45(60)41(31-53)66-49)39(56)29-28-38(55)36(50-35(3)54)32-63-48-44(59)34(2)43(58)40(30-52)65-48/h34,36-41,43-49,52-53,55-56,58-62H,28-33H2,1-3H3,(H,50,54)(H,51,57)/t34-,36-,37-,38+,39+,40?,41?,43+,44?,45-,46-,47?,48-,49-/m0/s1. The van der Waals surface area contributed by atoms with Crippen molar-refractivity contribution in [3.8, 4) is 142 Å². The molecule has 0 saturated carbocycles. The van der Waals surface area contributed by atoms with Gasteiger partial charge in [-0.1, -0.05) is 12.8 Å². The minimum Gasteiger partial charge on any atom is -0.394 e. The van der Waals surface area contributed by atoms with Gasteiger partial charge in [-0.2, -0.15) is 0 Å². The lowest BCUT2D eigenvalue weighted by Crippen LogP contribution is -2.60. The number of carbonyl (C=O) groups is 2. The molecular formula is C49H46N2O15. The third-order valence-corrected chi connectivity index (χ3v) is 8.96. The highest BCUT2D eigenvalue weighted by molar-refractivity contribution is 5.94. The van der Waals surface area contributed by atoms with Crippen LogP contribution in [0.2, 0.25) is 0 Å². The van der Waals surface area contributed by atoms with E-state index in [1.807, 2.05) is 0 Å². The van der Waals surface area contributed by atoms with E-state index in [-0.39, 0.29) is 12.8 Å². The summed E-state index contributed by atoms with van der Waals surface area (Å²) in [4.78, 5) is 24.8. The Labute approximate surface area is 383 Å². The van der Waals surface area contributed by atoms with E-state index < -0.39 is 124 Å². The molecule has 2 rings (SSSR count). The molecule has 2 amide bonds. The maximum atomic E-state index is 12.8. The molecule has 2 fully saturated rings. The second-order valence-corrected chi connectivity index (χ2v) is 13.7. The first-order valence-corrected chi connectivity index (χ1v) is 19.8.